The van der Waals surface area contributed by atoms with E-state index in [0.717, 1.165) is 16.5 Å². The first-order valence-electron chi connectivity index (χ1n) is 6.44. The lowest BCUT2D eigenvalue weighted by Gasteiger charge is -2.08. The Kier molecular flexibility index (Phi) is 4.10. The average Bonchev–Trinajstić information content (AvgIpc) is 2.97. The number of rotatable bonds is 2. The predicted molar refractivity (Wildman–Crippen MR) is 92.5 cm³/mol. The van der Waals surface area contributed by atoms with Crippen LogP contribution in [0, 0.1) is 0 Å². The Hall–Kier alpha value is -2.32. The highest BCUT2D eigenvalue weighted by molar-refractivity contribution is 9.10. The van der Waals surface area contributed by atoms with Crippen LogP contribution in [-0.4, -0.2) is 28.2 Å². The van der Waals surface area contributed by atoms with Crippen LogP contribution in [0.15, 0.2) is 29.0 Å². The number of ether oxygens (including phenoxy) is 1. The number of nitrogens with one attached hydrogen (secondary N) is 2. The molecule has 2 aromatic heterocycles. The van der Waals surface area contributed by atoms with E-state index in [9.17, 15) is 4.79 Å². The van der Waals surface area contributed by atoms with E-state index in [4.69, 9.17) is 17.3 Å². The van der Waals surface area contributed by atoms with Gasteiger partial charge < -0.3 is 15.5 Å². The van der Waals surface area contributed by atoms with Crippen molar-refractivity contribution in [3.8, 4) is 11.3 Å². The molecule has 0 aliphatic heterocycles. The van der Waals surface area contributed by atoms with Crippen molar-refractivity contribution in [2.75, 3.05) is 18.2 Å². The van der Waals surface area contributed by atoms with Gasteiger partial charge in [0.25, 0.3) is 0 Å². The van der Waals surface area contributed by atoms with E-state index >= 15 is 0 Å². The number of halogens is 2. The fourth-order valence-corrected chi connectivity index (χ4v) is 2.94. The number of nitrogens with zero attached hydrogens (tertiary/aromatic N) is 2. The maximum atomic E-state index is 11.4. The molecule has 9 heteroatoms. The van der Waals surface area contributed by atoms with Gasteiger partial charge in [0.2, 0.25) is 5.95 Å². The highest BCUT2D eigenvalue weighted by atomic mass is 79.9. The maximum Gasteiger partial charge on any atom is 0.411 e. The number of carbonyl (C=O) groups is 1. The zero-order chi connectivity index (χ0) is 16.6. The third-order valence-electron chi connectivity index (χ3n) is 3.23. The van der Waals surface area contributed by atoms with Gasteiger partial charge >= 0.3 is 6.09 Å². The molecule has 0 aliphatic rings. The van der Waals surface area contributed by atoms with Crippen LogP contribution >= 0.6 is 27.5 Å². The number of aromatic amines is 1. The second-order valence-electron chi connectivity index (χ2n) is 4.59. The largest absolute Gasteiger partial charge is 0.453 e. The van der Waals surface area contributed by atoms with Crippen molar-refractivity contribution in [2.45, 2.75) is 0 Å². The maximum absolute atomic E-state index is 11.4. The number of nitrogen functional groups attached to an aromatic ring is 1. The van der Waals surface area contributed by atoms with Crippen molar-refractivity contribution in [3.05, 3.63) is 34.0 Å². The number of nitrogens with two attached hydrogens (primary N) is 1. The van der Waals surface area contributed by atoms with Gasteiger partial charge in [-0.2, -0.15) is 0 Å². The molecule has 0 saturated heterocycles. The monoisotopic (exact) mass is 395 g/mol. The lowest BCUT2D eigenvalue weighted by molar-refractivity contribution is 0.187. The third-order valence-corrected chi connectivity index (χ3v) is 4.33. The Balaban J connectivity index is 2.13. The van der Waals surface area contributed by atoms with E-state index in [1.165, 1.54) is 13.3 Å². The van der Waals surface area contributed by atoms with Crippen LogP contribution in [0.1, 0.15) is 0 Å². The summed E-state index contributed by atoms with van der Waals surface area (Å²) in [5.74, 6) is 0.141. The minimum absolute atomic E-state index is 0.141. The smallest absolute Gasteiger partial charge is 0.411 e. The summed E-state index contributed by atoms with van der Waals surface area (Å²) in [4.78, 5) is 22.5. The predicted octanol–water partition coefficient (Wildman–Crippen LogP) is 3.80. The Morgan fingerprint density at radius 2 is 2.26 bits per heavy atom. The molecule has 0 saturated carbocycles. The zero-order valence-corrected chi connectivity index (χ0v) is 14.2. The van der Waals surface area contributed by atoms with Gasteiger partial charge in [-0.3, -0.25) is 5.32 Å². The number of H-pyrrole nitrogens is 1. The van der Waals surface area contributed by atoms with Crippen LogP contribution in [0.2, 0.25) is 5.02 Å². The number of anilines is 2. The molecule has 7 nitrogen and oxygen atoms in total. The summed E-state index contributed by atoms with van der Waals surface area (Å²) in [7, 11) is 1.30. The van der Waals surface area contributed by atoms with Crippen LogP contribution in [0.25, 0.3) is 22.2 Å². The zero-order valence-electron chi connectivity index (χ0n) is 11.9. The molecule has 23 heavy (non-hydrogen) atoms. The molecule has 0 spiro atoms. The third kappa shape index (κ3) is 2.82. The minimum atomic E-state index is -0.552. The highest BCUT2D eigenvalue weighted by Gasteiger charge is 2.16. The highest BCUT2D eigenvalue weighted by Crippen LogP contribution is 2.37. The molecule has 0 atom stereocenters. The number of aromatic nitrogens is 3. The number of carbonyl (C=O) groups excluding carboxylic acids is 1. The summed E-state index contributed by atoms with van der Waals surface area (Å²) >= 11 is 9.63. The topological polar surface area (TPSA) is 106 Å². The van der Waals surface area contributed by atoms with Gasteiger partial charge in [0.15, 0.2) is 0 Å². The van der Waals surface area contributed by atoms with Gasteiger partial charge in [-0.15, -0.1) is 0 Å². The molecule has 118 valence electrons. The van der Waals surface area contributed by atoms with Crippen LogP contribution in [0.3, 0.4) is 0 Å². The Labute approximate surface area is 144 Å². The van der Waals surface area contributed by atoms with Crippen LogP contribution in [0.5, 0.6) is 0 Å². The number of amides is 1. The fraction of sp³-hybridized carbons (Fsp3) is 0.0714. The molecule has 0 aliphatic carbocycles. The Morgan fingerprint density at radius 3 is 3.00 bits per heavy atom. The van der Waals surface area contributed by atoms with Gasteiger partial charge in [-0.05, 0) is 22.0 Å². The first-order chi connectivity index (χ1) is 11.0. The number of methoxy groups -OCH3 is 1. The van der Waals surface area contributed by atoms with Crippen molar-refractivity contribution in [2.24, 2.45) is 0 Å². The second kappa shape index (κ2) is 6.05. The van der Waals surface area contributed by atoms with E-state index in [1.54, 1.807) is 12.3 Å². The normalized spacial score (nSPS) is 10.7. The number of fused-ring (bicyclic) bond motifs is 1. The van der Waals surface area contributed by atoms with Crippen molar-refractivity contribution < 1.29 is 9.53 Å². The summed E-state index contributed by atoms with van der Waals surface area (Å²) in [6, 6.07) is 3.59. The summed E-state index contributed by atoms with van der Waals surface area (Å²) in [6.45, 7) is 0. The lowest BCUT2D eigenvalue weighted by Crippen LogP contribution is -2.11. The average molecular weight is 397 g/mol. The van der Waals surface area contributed by atoms with Gasteiger partial charge in [0.05, 0.1) is 39.7 Å². The minimum Gasteiger partial charge on any atom is -0.453 e. The number of hydrogen-bond donors (Lipinski definition) is 3. The first-order valence-corrected chi connectivity index (χ1v) is 7.61. The Bertz CT molecular complexity index is 912. The van der Waals surface area contributed by atoms with Gasteiger partial charge in [0, 0.05) is 17.1 Å². The second-order valence-corrected chi connectivity index (χ2v) is 5.79. The molecular formula is C14H11BrClN5O2. The van der Waals surface area contributed by atoms with Gasteiger partial charge in [-0.25, -0.2) is 14.8 Å². The molecule has 3 rings (SSSR count). The van der Waals surface area contributed by atoms with Crippen molar-refractivity contribution >= 4 is 56.2 Å². The number of hydrogen-bond acceptors (Lipinski definition) is 5. The molecular weight excluding hydrogens is 386 g/mol. The van der Waals surface area contributed by atoms with Gasteiger partial charge in [0.1, 0.15) is 0 Å². The van der Waals surface area contributed by atoms with E-state index in [2.05, 4.69) is 40.9 Å². The molecule has 0 fully saturated rings. The van der Waals surface area contributed by atoms with E-state index in [0.29, 0.717) is 20.9 Å². The summed E-state index contributed by atoms with van der Waals surface area (Å²) in [5, 5.41) is 3.89. The molecule has 0 unspecified atom stereocenters. The first kappa shape index (κ1) is 15.6. The fourth-order valence-electron chi connectivity index (χ4n) is 2.19. The molecule has 0 radical (unpaired) electrons. The van der Waals surface area contributed by atoms with Gasteiger partial charge in [-0.1, -0.05) is 17.7 Å². The molecule has 2 heterocycles. The summed E-state index contributed by atoms with van der Waals surface area (Å²) in [6.07, 6.45) is 2.68. The SMILES string of the molecule is COC(=O)Nc1ccc2c(-c3nc(N)ncc3Cl)c[nH]c2c1Br. The van der Waals surface area contributed by atoms with E-state index in [-0.39, 0.29) is 5.95 Å². The number of benzene rings is 1. The molecule has 1 amide bonds. The lowest BCUT2D eigenvalue weighted by atomic mass is 10.1. The van der Waals surface area contributed by atoms with E-state index < -0.39 is 6.09 Å². The molecule has 0 bridgehead atoms. The van der Waals surface area contributed by atoms with E-state index in [1.807, 2.05) is 6.07 Å². The van der Waals surface area contributed by atoms with Crippen molar-refractivity contribution in [1.29, 1.82) is 0 Å². The standard InChI is InChI=1S/C14H11BrClN5O2/c1-23-14(22)20-9-3-2-6-7(4-18-12(6)10(9)15)11-8(16)5-19-13(17)21-11/h2-5,18H,1H3,(H,20,22)(H2,17,19,21). The van der Waals surface area contributed by atoms with Crippen LogP contribution < -0.4 is 11.1 Å². The summed E-state index contributed by atoms with van der Waals surface area (Å²) < 4.78 is 5.28. The van der Waals surface area contributed by atoms with Crippen molar-refractivity contribution in [3.63, 3.8) is 0 Å². The quantitative estimate of drug-likeness (QED) is 0.611. The van der Waals surface area contributed by atoms with Crippen molar-refractivity contribution in [1.82, 2.24) is 15.0 Å². The summed E-state index contributed by atoms with van der Waals surface area (Å²) in [5.41, 5.74) is 8.31. The Morgan fingerprint density at radius 1 is 1.48 bits per heavy atom. The molecule has 3 aromatic rings. The molecule has 4 N–H and O–H groups in total. The molecule has 1 aromatic carbocycles. The van der Waals surface area contributed by atoms with Crippen LogP contribution in [0.4, 0.5) is 16.4 Å². The van der Waals surface area contributed by atoms with Crippen LogP contribution in [-0.2, 0) is 4.74 Å².